The highest BCUT2D eigenvalue weighted by atomic mass is 16.5. The molecule has 0 atom stereocenters. The molecule has 3 N–H and O–H groups in total. The van der Waals surface area contributed by atoms with Gasteiger partial charge in [0.2, 0.25) is 5.88 Å². The van der Waals surface area contributed by atoms with Gasteiger partial charge in [0.1, 0.15) is 11.7 Å². The van der Waals surface area contributed by atoms with Crippen molar-refractivity contribution in [3.63, 3.8) is 0 Å². The lowest BCUT2D eigenvalue weighted by Gasteiger charge is -2.57. The first-order valence-corrected chi connectivity index (χ1v) is 10.1. The van der Waals surface area contributed by atoms with E-state index in [0.29, 0.717) is 17.1 Å². The molecule has 2 heterocycles. The Kier molecular flexibility index (Phi) is 4.23. The van der Waals surface area contributed by atoms with E-state index in [0.717, 1.165) is 36.6 Å². The molecular weight excluding hydrogens is 382 g/mol. The molecule has 2 amide bonds. The molecule has 1 spiro atoms. The average Bonchev–Trinajstić information content (AvgIpc) is 3.02. The fourth-order valence-corrected chi connectivity index (χ4v) is 4.88. The minimum absolute atomic E-state index is 0.0226. The van der Waals surface area contributed by atoms with E-state index in [1.54, 1.807) is 23.0 Å². The number of aromatic nitrogens is 3. The highest BCUT2D eigenvalue weighted by Gasteiger charge is 2.54. The zero-order valence-electron chi connectivity index (χ0n) is 16.7. The van der Waals surface area contributed by atoms with Crippen molar-refractivity contribution in [3.8, 4) is 5.88 Å². The fraction of sp³-hybridized carbons (Fsp3) is 0.364. The molecule has 0 saturated heterocycles. The van der Waals surface area contributed by atoms with Crippen molar-refractivity contribution in [2.75, 3.05) is 0 Å². The smallest absolute Gasteiger partial charge is 0.272 e. The van der Waals surface area contributed by atoms with Crippen LogP contribution >= 0.6 is 0 Å². The lowest BCUT2D eigenvalue weighted by molar-refractivity contribution is -0.0848. The molecule has 8 heteroatoms. The summed E-state index contributed by atoms with van der Waals surface area (Å²) in [5, 5.41) is 8.38. The van der Waals surface area contributed by atoms with Gasteiger partial charge in [0.05, 0.1) is 5.52 Å². The summed E-state index contributed by atoms with van der Waals surface area (Å²) in [5.74, 6) is -0.366. The summed E-state index contributed by atoms with van der Waals surface area (Å²) >= 11 is 0. The first-order chi connectivity index (χ1) is 14.4. The summed E-state index contributed by atoms with van der Waals surface area (Å²) < 4.78 is 7.63. The molecule has 2 aromatic heterocycles. The second-order valence-electron chi connectivity index (χ2n) is 8.44. The minimum Gasteiger partial charge on any atom is -0.474 e. The van der Waals surface area contributed by atoms with Crippen LogP contribution in [0.5, 0.6) is 5.88 Å². The van der Waals surface area contributed by atoms with E-state index in [1.165, 1.54) is 0 Å². The maximum absolute atomic E-state index is 12.7. The van der Waals surface area contributed by atoms with Gasteiger partial charge < -0.3 is 15.8 Å². The van der Waals surface area contributed by atoms with Crippen molar-refractivity contribution < 1.29 is 14.3 Å². The van der Waals surface area contributed by atoms with Crippen LogP contribution in [-0.2, 0) is 7.05 Å². The fourth-order valence-electron chi connectivity index (χ4n) is 4.88. The molecule has 0 bridgehead atoms. The number of hydrogen-bond donors (Lipinski definition) is 2. The maximum Gasteiger partial charge on any atom is 0.272 e. The van der Waals surface area contributed by atoms with Crippen molar-refractivity contribution in [1.82, 2.24) is 20.1 Å². The molecule has 8 nitrogen and oxygen atoms in total. The maximum atomic E-state index is 12.7. The van der Waals surface area contributed by atoms with E-state index in [2.05, 4.69) is 15.4 Å². The van der Waals surface area contributed by atoms with E-state index >= 15 is 0 Å². The van der Waals surface area contributed by atoms with Gasteiger partial charge in [0.25, 0.3) is 11.8 Å². The Hall–Kier alpha value is -3.42. The van der Waals surface area contributed by atoms with Crippen molar-refractivity contribution in [2.24, 2.45) is 18.2 Å². The number of rotatable bonds is 5. The van der Waals surface area contributed by atoms with Gasteiger partial charge in [0, 0.05) is 24.7 Å². The molecule has 1 aromatic carbocycles. The first-order valence-electron chi connectivity index (χ1n) is 10.1. The highest BCUT2D eigenvalue weighted by Crippen LogP contribution is 2.56. The van der Waals surface area contributed by atoms with E-state index in [4.69, 9.17) is 10.5 Å². The third-order valence-electron chi connectivity index (χ3n) is 6.30. The average molecular weight is 405 g/mol. The van der Waals surface area contributed by atoms with Gasteiger partial charge in [0.15, 0.2) is 5.69 Å². The van der Waals surface area contributed by atoms with Gasteiger partial charge in [-0.25, -0.2) is 4.98 Å². The van der Waals surface area contributed by atoms with Gasteiger partial charge in [-0.3, -0.25) is 14.3 Å². The number of pyridine rings is 1. The molecule has 3 aromatic rings. The standard InChI is InChI=1S/C22H23N5O3/c1-27-17-7-3-2-5-15(17)18(26-27)20(29)25-13-9-22(10-13)11-14(12-22)30-21-16(19(23)28)6-4-8-24-21/h2-8,13-14H,9-12H2,1H3,(H2,23,28)(H,25,29). The number of carbonyl (C=O) groups is 2. The molecule has 154 valence electrons. The molecule has 0 unspecified atom stereocenters. The summed E-state index contributed by atoms with van der Waals surface area (Å²) in [6, 6.07) is 11.2. The van der Waals surface area contributed by atoms with Crippen LogP contribution < -0.4 is 15.8 Å². The van der Waals surface area contributed by atoms with E-state index in [1.807, 2.05) is 31.3 Å². The van der Waals surface area contributed by atoms with Crippen LogP contribution in [-0.4, -0.2) is 38.7 Å². The number of primary amides is 1. The molecular formula is C22H23N5O3. The lowest BCUT2D eigenvalue weighted by atomic mass is 9.53. The van der Waals surface area contributed by atoms with Crippen LogP contribution in [0.2, 0.25) is 0 Å². The normalized spacial score (nSPS) is 24.8. The van der Waals surface area contributed by atoms with E-state index in [9.17, 15) is 9.59 Å². The highest BCUT2D eigenvalue weighted by molar-refractivity contribution is 6.05. The number of ether oxygens (including phenoxy) is 1. The number of aryl methyl sites for hydroxylation is 1. The van der Waals surface area contributed by atoms with Crippen LogP contribution in [0.4, 0.5) is 0 Å². The van der Waals surface area contributed by atoms with Gasteiger partial charge in [-0.1, -0.05) is 18.2 Å². The van der Waals surface area contributed by atoms with Gasteiger partial charge in [-0.2, -0.15) is 5.10 Å². The van der Waals surface area contributed by atoms with Gasteiger partial charge in [-0.15, -0.1) is 0 Å². The predicted molar refractivity (Wildman–Crippen MR) is 110 cm³/mol. The third-order valence-corrected chi connectivity index (χ3v) is 6.30. The number of nitrogens with one attached hydrogen (secondary N) is 1. The Bertz CT molecular complexity index is 1140. The van der Waals surface area contributed by atoms with Crippen LogP contribution in [0.25, 0.3) is 10.9 Å². The van der Waals surface area contributed by atoms with E-state index < -0.39 is 5.91 Å². The molecule has 5 rings (SSSR count). The third kappa shape index (κ3) is 3.08. The second-order valence-corrected chi connectivity index (χ2v) is 8.44. The molecule has 2 saturated carbocycles. The summed E-state index contributed by atoms with van der Waals surface area (Å²) in [6.45, 7) is 0. The Labute approximate surface area is 173 Å². The zero-order valence-corrected chi connectivity index (χ0v) is 16.7. The van der Waals surface area contributed by atoms with Crippen LogP contribution in [0.15, 0.2) is 42.6 Å². The van der Waals surface area contributed by atoms with E-state index in [-0.39, 0.29) is 23.5 Å². The monoisotopic (exact) mass is 405 g/mol. The summed E-state index contributed by atoms with van der Waals surface area (Å²) in [5.41, 5.74) is 7.31. The minimum atomic E-state index is -0.541. The quantitative estimate of drug-likeness (QED) is 0.676. The topological polar surface area (TPSA) is 112 Å². The molecule has 0 radical (unpaired) electrons. The molecule has 0 aliphatic heterocycles. The summed E-state index contributed by atoms with van der Waals surface area (Å²) in [7, 11) is 1.84. The number of benzene rings is 1. The molecule has 30 heavy (non-hydrogen) atoms. The Morgan fingerprint density at radius 2 is 1.93 bits per heavy atom. The largest absolute Gasteiger partial charge is 0.474 e. The van der Waals surface area contributed by atoms with Gasteiger partial charge in [-0.05, 0) is 49.3 Å². The van der Waals surface area contributed by atoms with Crippen molar-refractivity contribution in [1.29, 1.82) is 0 Å². The lowest BCUT2D eigenvalue weighted by Crippen LogP contribution is -2.58. The first kappa shape index (κ1) is 18.6. The Balaban J connectivity index is 1.16. The number of fused-ring (bicyclic) bond motifs is 1. The number of nitrogens with two attached hydrogens (primary N) is 1. The SMILES string of the molecule is Cn1nc(C(=O)NC2CC3(C2)CC(Oc2ncccc2C(N)=O)C3)c2ccccc21. The molecule has 2 fully saturated rings. The van der Waals surface area contributed by atoms with Crippen molar-refractivity contribution >= 4 is 22.7 Å². The predicted octanol–water partition coefficient (Wildman–Crippen LogP) is 2.19. The Morgan fingerprint density at radius 3 is 2.70 bits per heavy atom. The van der Waals surface area contributed by atoms with Gasteiger partial charge >= 0.3 is 0 Å². The number of carbonyl (C=O) groups excluding carboxylic acids is 2. The van der Waals surface area contributed by atoms with Crippen LogP contribution in [0.3, 0.4) is 0 Å². The molecule has 2 aliphatic carbocycles. The van der Waals surface area contributed by atoms with Crippen molar-refractivity contribution in [3.05, 3.63) is 53.9 Å². The second kappa shape index (κ2) is 6.83. The van der Waals surface area contributed by atoms with Crippen LogP contribution in [0.1, 0.15) is 46.5 Å². The number of para-hydroxylation sites is 1. The Morgan fingerprint density at radius 1 is 1.17 bits per heavy atom. The van der Waals surface area contributed by atoms with Crippen molar-refractivity contribution in [2.45, 2.75) is 37.8 Å². The number of hydrogen-bond acceptors (Lipinski definition) is 5. The number of amides is 2. The molecule has 2 aliphatic rings. The zero-order chi connectivity index (χ0) is 20.9. The summed E-state index contributed by atoms with van der Waals surface area (Å²) in [6.07, 6.45) is 5.24. The summed E-state index contributed by atoms with van der Waals surface area (Å²) in [4.78, 5) is 28.4. The van der Waals surface area contributed by atoms with Crippen LogP contribution in [0, 0.1) is 5.41 Å². The number of nitrogens with zero attached hydrogens (tertiary/aromatic N) is 3.